The minimum Gasteiger partial charge on any atom is -0.309 e. The predicted octanol–water partition coefficient (Wildman–Crippen LogP) is 9.61. The van der Waals surface area contributed by atoms with E-state index in [4.69, 9.17) is 0 Å². The van der Waals surface area contributed by atoms with Gasteiger partial charge >= 0.3 is 0 Å². The number of para-hydroxylation sites is 1. The Morgan fingerprint density at radius 2 is 1.36 bits per heavy atom. The zero-order valence-electron chi connectivity index (χ0n) is 20.4. The third-order valence-corrected chi connectivity index (χ3v) is 6.89. The molecular weight excluding hydrogens is 434 g/mol. The topological polar surface area (TPSA) is 4.93 Å². The molecule has 0 radical (unpaired) electrons. The summed E-state index contributed by atoms with van der Waals surface area (Å²) in [6.45, 7) is 6.22. The van der Waals surface area contributed by atoms with Gasteiger partial charge in [-0.15, -0.1) is 0 Å². The summed E-state index contributed by atoms with van der Waals surface area (Å²) < 4.78 is 2.42. The van der Waals surface area contributed by atoms with Gasteiger partial charge in [-0.3, -0.25) is 0 Å². The fourth-order valence-electron chi connectivity index (χ4n) is 5.32. The molecule has 0 aliphatic heterocycles. The third kappa shape index (κ3) is 3.57. The summed E-state index contributed by atoms with van der Waals surface area (Å²) in [6, 6.07) is 41.2. The van der Waals surface area contributed by atoms with Crippen LogP contribution in [0.15, 0.2) is 140 Å². The summed E-state index contributed by atoms with van der Waals surface area (Å²) >= 11 is 0. The molecular formula is C35H27N. The molecule has 0 saturated carbocycles. The van der Waals surface area contributed by atoms with Gasteiger partial charge < -0.3 is 4.57 Å². The normalized spacial score (nSPS) is 12.5. The molecule has 0 atom stereocenters. The van der Waals surface area contributed by atoms with Gasteiger partial charge in [-0.05, 0) is 52.8 Å². The fraction of sp³-hybridized carbons (Fsp3) is 0.0286. The SMILES string of the molecule is C=C/C(=C(\C=C/C)c1cccc(-n2c3ccccc3c3ccc4ccccc4c32)c1)c1ccccc1. The zero-order chi connectivity index (χ0) is 24.5. The average Bonchev–Trinajstić information content (AvgIpc) is 3.29. The predicted molar refractivity (Wildman–Crippen MR) is 157 cm³/mol. The summed E-state index contributed by atoms with van der Waals surface area (Å²) in [5.74, 6) is 0. The lowest BCUT2D eigenvalue weighted by molar-refractivity contribution is 1.18. The van der Waals surface area contributed by atoms with Crippen molar-refractivity contribution in [2.45, 2.75) is 6.92 Å². The maximum atomic E-state index is 4.16. The van der Waals surface area contributed by atoms with E-state index in [2.05, 4.69) is 139 Å². The van der Waals surface area contributed by atoms with Gasteiger partial charge in [0.25, 0.3) is 0 Å². The Bertz CT molecular complexity index is 1800. The van der Waals surface area contributed by atoms with Crippen LogP contribution in [0.3, 0.4) is 0 Å². The van der Waals surface area contributed by atoms with E-state index in [9.17, 15) is 0 Å². The quantitative estimate of drug-likeness (QED) is 0.178. The highest BCUT2D eigenvalue weighted by molar-refractivity contribution is 6.18. The van der Waals surface area contributed by atoms with Gasteiger partial charge in [0.05, 0.1) is 11.0 Å². The summed E-state index contributed by atoms with van der Waals surface area (Å²) in [5, 5.41) is 5.05. The van der Waals surface area contributed by atoms with Crippen molar-refractivity contribution in [1.82, 2.24) is 4.57 Å². The van der Waals surface area contributed by atoms with Gasteiger partial charge in [-0.2, -0.15) is 0 Å². The molecule has 1 heteroatoms. The number of aromatic nitrogens is 1. The van der Waals surface area contributed by atoms with Crippen LogP contribution in [0.1, 0.15) is 18.1 Å². The second-order valence-electron chi connectivity index (χ2n) is 8.98. The highest BCUT2D eigenvalue weighted by Gasteiger charge is 2.15. The third-order valence-electron chi connectivity index (χ3n) is 6.89. The Labute approximate surface area is 211 Å². The minimum absolute atomic E-state index is 1.12. The molecule has 0 saturated heterocycles. The summed E-state index contributed by atoms with van der Waals surface area (Å²) in [4.78, 5) is 0. The first-order valence-electron chi connectivity index (χ1n) is 12.4. The van der Waals surface area contributed by atoms with Gasteiger partial charge in [-0.1, -0.05) is 122 Å². The van der Waals surface area contributed by atoms with E-state index >= 15 is 0 Å². The van der Waals surface area contributed by atoms with Crippen LogP contribution in [0.2, 0.25) is 0 Å². The van der Waals surface area contributed by atoms with Crippen molar-refractivity contribution in [3.63, 3.8) is 0 Å². The molecule has 5 aromatic carbocycles. The van der Waals surface area contributed by atoms with Crippen LogP contribution < -0.4 is 0 Å². The Hall–Kier alpha value is -4.62. The van der Waals surface area contributed by atoms with Crippen molar-refractivity contribution in [2.75, 3.05) is 0 Å². The first-order valence-corrected chi connectivity index (χ1v) is 12.4. The van der Waals surface area contributed by atoms with Crippen LogP contribution in [-0.2, 0) is 0 Å². The lowest BCUT2D eigenvalue weighted by atomic mass is 9.94. The van der Waals surface area contributed by atoms with E-state index in [0.29, 0.717) is 0 Å². The molecule has 36 heavy (non-hydrogen) atoms. The second-order valence-corrected chi connectivity index (χ2v) is 8.98. The number of benzene rings is 5. The van der Waals surface area contributed by atoms with Crippen LogP contribution in [0.25, 0.3) is 49.4 Å². The molecule has 0 N–H and O–H groups in total. The molecule has 6 rings (SSSR count). The molecule has 0 unspecified atom stereocenters. The van der Waals surface area contributed by atoms with Gasteiger partial charge in [0.1, 0.15) is 0 Å². The molecule has 1 heterocycles. The molecule has 1 aromatic heterocycles. The van der Waals surface area contributed by atoms with Crippen LogP contribution in [0.5, 0.6) is 0 Å². The molecule has 0 aliphatic rings. The van der Waals surface area contributed by atoms with Gasteiger partial charge in [0.15, 0.2) is 0 Å². The van der Waals surface area contributed by atoms with E-state index in [1.807, 2.05) is 12.1 Å². The number of nitrogens with zero attached hydrogens (tertiary/aromatic N) is 1. The molecule has 0 spiro atoms. The van der Waals surface area contributed by atoms with Crippen molar-refractivity contribution in [3.05, 3.63) is 151 Å². The maximum absolute atomic E-state index is 4.16. The molecule has 0 aliphatic carbocycles. The standard InChI is InChI=1S/C35H27N/c1-3-13-30(29(4-2)25-14-6-5-7-15-25)27-17-12-18-28(24-27)36-34-21-11-10-20-32(34)33-23-22-26-16-8-9-19-31(26)35(33)36/h3-24H,2H2,1H3/b13-3-,30-29-. The minimum atomic E-state index is 1.12. The number of hydrogen-bond donors (Lipinski definition) is 0. The van der Waals surface area contributed by atoms with Crippen molar-refractivity contribution >= 4 is 43.7 Å². The van der Waals surface area contributed by atoms with Gasteiger partial charge in [-0.25, -0.2) is 0 Å². The van der Waals surface area contributed by atoms with Crippen LogP contribution in [0.4, 0.5) is 0 Å². The number of hydrogen-bond acceptors (Lipinski definition) is 0. The number of fused-ring (bicyclic) bond motifs is 5. The molecule has 0 amide bonds. The fourth-order valence-corrected chi connectivity index (χ4v) is 5.32. The first kappa shape index (κ1) is 21.9. The first-order chi connectivity index (χ1) is 17.8. The molecule has 1 nitrogen and oxygen atoms in total. The Morgan fingerprint density at radius 1 is 0.639 bits per heavy atom. The van der Waals surface area contributed by atoms with Crippen molar-refractivity contribution in [3.8, 4) is 5.69 Å². The second kappa shape index (κ2) is 9.20. The van der Waals surface area contributed by atoms with E-state index in [1.54, 1.807) is 0 Å². The number of rotatable bonds is 5. The van der Waals surface area contributed by atoms with E-state index in [1.165, 1.54) is 32.6 Å². The average molecular weight is 462 g/mol. The summed E-state index contributed by atoms with van der Waals surface area (Å²) in [6.07, 6.45) is 6.25. The lowest BCUT2D eigenvalue weighted by Crippen LogP contribution is -1.96. The molecule has 0 bridgehead atoms. The van der Waals surface area contributed by atoms with Crippen molar-refractivity contribution < 1.29 is 0 Å². The Morgan fingerprint density at radius 3 is 2.17 bits per heavy atom. The Balaban J connectivity index is 1.67. The highest BCUT2D eigenvalue weighted by Crippen LogP contribution is 2.37. The largest absolute Gasteiger partial charge is 0.309 e. The summed E-state index contributed by atoms with van der Waals surface area (Å²) in [7, 11) is 0. The van der Waals surface area contributed by atoms with E-state index in [0.717, 1.165) is 28.0 Å². The van der Waals surface area contributed by atoms with Crippen LogP contribution in [-0.4, -0.2) is 4.57 Å². The molecule has 172 valence electrons. The van der Waals surface area contributed by atoms with Gasteiger partial charge in [0.2, 0.25) is 0 Å². The Kier molecular flexibility index (Phi) is 5.59. The van der Waals surface area contributed by atoms with Crippen LogP contribution in [0, 0.1) is 0 Å². The van der Waals surface area contributed by atoms with E-state index in [-0.39, 0.29) is 0 Å². The van der Waals surface area contributed by atoms with Crippen molar-refractivity contribution in [1.29, 1.82) is 0 Å². The van der Waals surface area contributed by atoms with Gasteiger partial charge in [0, 0.05) is 21.8 Å². The lowest BCUT2D eigenvalue weighted by Gasteiger charge is -2.14. The van der Waals surface area contributed by atoms with E-state index < -0.39 is 0 Å². The maximum Gasteiger partial charge on any atom is 0.0619 e. The number of allylic oxidation sites excluding steroid dienone is 5. The summed E-state index contributed by atoms with van der Waals surface area (Å²) in [5.41, 5.74) is 8.21. The van der Waals surface area contributed by atoms with Crippen molar-refractivity contribution in [2.24, 2.45) is 0 Å². The highest BCUT2D eigenvalue weighted by atomic mass is 15.0. The molecule has 6 aromatic rings. The zero-order valence-corrected chi connectivity index (χ0v) is 20.4. The monoisotopic (exact) mass is 461 g/mol. The van der Waals surface area contributed by atoms with Crippen LogP contribution >= 0.6 is 0 Å². The smallest absolute Gasteiger partial charge is 0.0619 e. The molecule has 0 fully saturated rings.